The van der Waals surface area contributed by atoms with Gasteiger partial charge in [0.05, 0.1) is 11.3 Å². The first-order valence-corrected chi connectivity index (χ1v) is 11.5. The number of carbonyl (C=O) groups excluding carboxylic acids is 1. The Balaban J connectivity index is 1.35. The number of piperidine rings is 1. The monoisotopic (exact) mass is 398 g/mol. The van der Waals surface area contributed by atoms with E-state index in [1.807, 2.05) is 29.5 Å². The topological polar surface area (TPSA) is 41.4 Å². The highest BCUT2D eigenvalue weighted by molar-refractivity contribution is 7.11. The Morgan fingerprint density at radius 1 is 1.25 bits per heavy atom. The van der Waals surface area contributed by atoms with Crippen LogP contribution in [-0.2, 0) is 18.5 Å². The minimum Gasteiger partial charge on any atom is -0.341 e. The number of nitrogens with zero attached hydrogens (tertiary/aromatic N) is 4. The van der Waals surface area contributed by atoms with Crippen LogP contribution in [0.3, 0.4) is 0 Å². The molecule has 0 aromatic carbocycles. The van der Waals surface area contributed by atoms with Crippen LogP contribution in [-0.4, -0.2) is 52.2 Å². The first-order valence-electron chi connectivity index (χ1n) is 10.6. The lowest BCUT2D eigenvalue weighted by atomic mass is 9.72. The van der Waals surface area contributed by atoms with E-state index in [1.165, 1.54) is 29.0 Å². The third-order valence-corrected chi connectivity index (χ3v) is 8.03. The molecule has 28 heavy (non-hydrogen) atoms. The zero-order valence-corrected chi connectivity index (χ0v) is 17.8. The van der Waals surface area contributed by atoms with Gasteiger partial charge in [-0.15, -0.1) is 11.3 Å². The third-order valence-electron chi connectivity index (χ3n) is 7.04. The SMILES string of the molecule is Cc1ccc(CN2CCC3(CC2)CN(C)C(=O)c2cn(CC4CCC4)nc23)s1. The number of aromatic nitrogens is 2. The lowest BCUT2D eigenvalue weighted by molar-refractivity contribution is 0.0629. The normalized spacial score (nSPS) is 22.5. The molecule has 1 spiro atoms. The van der Waals surface area contributed by atoms with Gasteiger partial charge in [-0.1, -0.05) is 6.42 Å². The minimum absolute atomic E-state index is 0.0325. The summed E-state index contributed by atoms with van der Waals surface area (Å²) in [5.41, 5.74) is 1.97. The summed E-state index contributed by atoms with van der Waals surface area (Å²) in [6.07, 6.45) is 8.16. The highest BCUT2D eigenvalue weighted by Gasteiger charge is 2.46. The van der Waals surface area contributed by atoms with E-state index in [-0.39, 0.29) is 11.3 Å². The summed E-state index contributed by atoms with van der Waals surface area (Å²) >= 11 is 1.90. The molecule has 2 aromatic rings. The quantitative estimate of drug-likeness (QED) is 0.789. The molecule has 0 unspecified atom stereocenters. The molecule has 1 saturated carbocycles. The standard InChI is InChI=1S/C22H30N4OS/c1-16-6-7-18(28-16)13-25-10-8-22(9-11-25)15-24(2)21(27)19-14-26(23-20(19)22)12-17-4-3-5-17/h6-7,14,17H,3-5,8-13,15H2,1-2H3. The molecule has 6 heteroatoms. The van der Waals surface area contributed by atoms with Crippen LogP contribution in [0.2, 0.25) is 0 Å². The van der Waals surface area contributed by atoms with E-state index >= 15 is 0 Å². The van der Waals surface area contributed by atoms with Crippen molar-refractivity contribution in [2.24, 2.45) is 5.92 Å². The number of fused-ring (bicyclic) bond motifs is 2. The van der Waals surface area contributed by atoms with Crippen molar-refractivity contribution in [1.82, 2.24) is 19.6 Å². The van der Waals surface area contributed by atoms with Gasteiger partial charge in [0.1, 0.15) is 0 Å². The molecule has 0 radical (unpaired) electrons. The van der Waals surface area contributed by atoms with Crippen LogP contribution in [0.5, 0.6) is 0 Å². The van der Waals surface area contributed by atoms with Gasteiger partial charge < -0.3 is 4.90 Å². The molecule has 3 aliphatic rings. The molecule has 1 aliphatic carbocycles. The highest BCUT2D eigenvalue weighted by atomic mass is 32.1. The van der Waals surface area contributed by atoms with Crippen LogP contribution in [0.25, 0.3) is 0 Å². The van der Waals surface area contributed by atoms with E-state index in [2.05, 4.69) is 28.6 Å². The minimum atomic E-state index is 0.0325. The molecule has 5 rings (SSSR count). The summed E-state index contributed by atoms with van der Waals surface area (Å²) in [4.78, 5) is 20.1. The maximum atomic E-state index is 12.8. The first kappa shape index (κ1) is 18.4. The number of hydrogen-bond donors (Lipinski definition) is 0. The zero-order chi connectivity index (χ0) is 19.3. The number of thiophene rings is 1. The van der Waals surface area contributed by atoms with Crippen LogP contribution in [0.4, 0.5) is 0 Å². The summed E-state index contributed by atoms with van der Waals surface area (Å²) in [7, 11) is 1.96. The van der Waals surface area contributed by atoms with E-state index < -0.39 is 0 Å². The van der Waals surface area contributed by atoms with Crippen LogP contribution in [0.1, 0.15) is 57.9 Å². The van der Waals surface area contributed by atoms with Crippen LogP contribution < -0.4 is 0 Å². The van der Waals surface area contributed by atoms with Crippen LogP contribution >= 0.6 is 11.3 Å². The molecule has 5 nitrogen and oxygen atoms in total. The number of aryl methyl sites for hydroxylation is 1. The Morgan fingerprint density at radius 2 is 2.04 bits per heavy atom. The fourth-order valence-electron chi connectivity index (χ4n) is 5.13. The fraction of sp³-hybridized carbons (Fsp3) is 0.636. The first-order chi connectivity index (χ1) is 13.5. The van der Waals surface area contributed by atoms with Gasteiger partial charge in [-0.2, -0.15) is 5.10 Å². The largest absolute Gasteiger partial charge is 0.341 e. The van der Waals surface area contributed by atoms with Crippen molar-refractivity contribution < 1.29 is 4.79 Å². The number of amides is 1. The van der Waals surface area contributed by atoms with Crippen LogP contribution in [0.15, 0.2) is 18.3 Å². The Kier molecular flexibility index (Phi) is 4.59. The Labute approximate surface area is 171 Å². The molecular weight excluding hydrogens is 368 g/mol. The maximum absolute atomic E-state index is 12.8. The number of hydrogen-bond acceptors (Lipinski definition) is 4. The fourth-order valence-corrected chi connectivity index (χ4v) is 6.07. The predicted molar refractivity (Wildman–Crippen MR) is 112 cm³/mol. The summed E-state index contributed by atoms with van der Waals surface area (Å²) in [6.45, 7) is 7.17. The van der Waals surface area contributed by atoms with Crippen molar-refractivity contribution in [3.05, 3.63) is 39.3 Å². The van der Waals surface area contributed by atoms with Crippen molar-refractivity contribution in [3.63, 3.8) is 0 Å². The smallest absolute Gasteiger partial charge is 0.257 e. The second kappa shape index (κ2) is 6.99. The summed E-state index contributed by atoms with van der Waals surface area (Å²) in [5.74, 6) is 0.901. The average Bonchev–Trinajstić information content (AvgIpc) is 3.25. The average molecular weight is 399 g/mol. The summed E-state index contributed by atoms with van der Waals surface area (Å²) in [5, 5.41) is 5.00. The van der Waals surface area contributed by atoms with E-state index in [1.54, 1.807) is 0 Å². The number of likely N-dealkylation sites (N-methyl/N-ethyl adjacent to an activating group) is 1. The van der Waals surface area contributed by atoms with Crippen molar-refractivity contribution >= 4 is 17.2 Å². The number of likely N-dealkylation sites (tertiary alicyclic amines) is 1. The third kappa shape index (κ3) is 3.20. The zero-order valence-electron chi connectivity index (χ0n) is 17.0. The number of rotatable bonds is 4. The highest BCUT2D eigenvalue weighted by Crippen LogP contribution is 2.41. The Bertz CT molecular complexity index is 873. The molecule has 0 N–H and O–H groups in total. The second-order valence-electron chi connectivity index (χ2n) is 9.14. The predicted octanol–water partition coefficient (Wildman–Crippen LogP) is 3.67. The lowest BCUT2D eigenvalue weighted by Gasteiger charge is -2.45. The summed E-state index contributed by atoms with van der Waals surface area (Å²) < 4.78 is 2.08. The van der Waals surface area contributed by atoms with Gasteiger partial charge in [0.2, 0.25) is 0 Å². The molecule has 2 aromatic heterocycles. The van der Waals surface area contributed by atoms with Gasteiger partial charge in [-0.3, -0.25) is 14.4 Å². The van der Waals surface area contributed by atoms with E-state index in [9.17, 15) is 4.79 Å². The van der Waals surface area contributed by atoms with Crippen molar-refractivity contribution in [2.45, 2.75) is 57.5 Å². The molecule has 2 fully saturated rings. The van der Waals surface area contributed by atoms with E-state index in [0.29, 0.717) is 0 Å². The Hall–Kier alpha value is -1.66. The van der Waals surface area contributed by atoms with Gasteiger partial charge in [0.25, 0.3) is 5.91 Å². The molecule has 1 amide bonds. The molecule has 1 saturated heterocycles. The molecule has 2 aliphatic heterocycles. The van der Waals surface area contributed by atoms with Gasteiger partial charge in [0.15, 0.2) is 0 Å². The molecular formula is C22H30N4OS. The summed E-state index contributed by atoms with van der Waals surface area (Å²) in [6, 6.07) is 4.48. The molecule has 0 bridgehead atoms. The molecule has 150 valence electrons. The Morgan fingerprint density at radius 3 is 2.68 bits per heavy atom. The number of carbonyl (C=O) groups is 1. The van der Waals surface area contributed by atoms with Crippen molar-refractivity contribution in [2.75, 3.05) is 26.7 Å². The van der Waals surface area contributed by atoms with Gasteiger partial charge in [-0.25, -0.2) is 0 Å². The van der Waals surface area contributed by atoms with Gasteiger partial charge >= 0.3 is 0 Å². The van der Waals surface area contributed by atoms with E-state index in [0.717, 1.165) is 62.7 Å². The second-order valence-corrected chi connectivity index (χ2v) is 10.5. The van der Waals surface area contributed by atoms with E-state index in [4.69, 9.17) is 5.10 Å². The van der Waals surface area contributed by atoms with Crippen molar-refractivity contribution in [1.29, 1.82) is 0 Å². The lowest BCUT2D eigenvalue weighted by Crippen LogP contribution is -2.53. The van der Waals surface area contributed by atoms with Gasteiger partial charge in [-0.05, 0) is 63.7 Å². The maximum Gasteiger partial charge on any atom is 0.257 e. The van der Waals surface area contributed by atoms with Crippen LogP contribution in [0, 0.1) is 12.8 Å². The van der Waals surface area contributed by atoms with Crippen molar-refractivity contribution in [3.8, 4) is 0 Å². The van der Waals surface area contributed by atoms with Gasteiger partial charge in [0, 0.05) is 48.0 Å². The molecule has 4 heterocycles. The molecule has 0 atom stereocenters.